The van der Waals surface area contributed by atoms with E-state index in [-0.39, 0.29) is 0 Å². The van der Waals surface area contributed by atoms with Gasteiger partial charge in [-0.2, -0.15) is 0 Å². The third kappa shape index (κ3) is 1.69. The summed E-state index contributed by atoms with van der Waals surface area (Å²) in [5.41, 5.74) is -0.820. The number of carbonyl (C=O) groups is 1. The van der Waals surface area contributed by atoms with Crippen molar-refractivity contribution in [1.29, 1.82) is 0 Å². The van der Waals surface area contributed by atoms with Gasteiger partial charge in [-0.05, 0) is 30.5 Å². The summed E-state index contributed by atoms with van der Waals surface area (Å²) >= 11 is 5.70. The first-order valence-corrected chi connectivity index (χ1v) is 5.57. The fraction of sp³-hybridized carbons (Fsp3) is 0.417. The molecule has 1 fully saturated rings. The van der Waals surface area contributed by atoms with E-state index in [4.69, 9.17) is 16.7 Å². The molecule has 2 nitrogen and oxygen atoms in total. The minimum Gasteiger partial charge on any atom is -0.481 e. The Labute approximate surface area is 98.0 Å². The van der Waals surface area contributed by atoms with Crippen molar-refractivity contribution in [2.75, 3.05) is 0 Å². The highest BCUT2D eigenvalue weighted by Crippen LogP contribution is 2.52. The van der Waals surface area contributed by atoms with Crippen LogP contribution >= 0.6 is 11.6 Å². The van der Waals surface area contributed by atoms with Crippen LogP contribution in [-0.2, 0) is 4.79 Å². The normalized spacial score (nSPS) is 19.9. The summed E-state index contributed by atoms with van der Waals surface area (Å²) in [7, 11) is 0. The van der Waals surface area contributed by atoms with Crippen molar-refractivity contribution >= 4 is 17.6 Å². The molecule has 2 rings (SSSR count). The van der Waals surface area contributed by atoms with Crippen LogP contribution in [0.15, 0.2) is 24.3 Å². The Morgan fingerprint density at radius 3 is 2.31 bits per heavy atom. The molecule has 1 saturated carbocycles. The lowest BCUT2D eigenvalue weighted by Crippen LogP contribution is -2.41. The Hall–Kier alpha value is -1.09. The largest absolute Gasteiger partial charge is 0.481 e. The van der Waals surface area contributed by atoms with Crippen molar-refractivity contribution in [2.24, 2.45) is 5.41 Å². The Morgan fingerprint density at radius 1 is 1.38 bits per heavy atom. The Balaban J connectivity index is 2.27. The first-order valence-electron chi connectivity index (χ1n) is 5.19. The molecule has 0 radical (unpaired) electrons. The minimum absolute atomic E-state index is 0.395. The highest BCUT2D eigenvalue weighted by molar-refractivity contribution is 6.30. The van der Waals surface area contributed by atoms with Gasteiger partial charge in [0.25, 0.3) is 0 Å². The fourth-order valence-electron chi connectivity index (χ4n) is 2.08. The van der Waals surface area contributed by atoms with E-state index in [9.17, 15) is 9.18 Å². The molecule has 1 N–H and O–H groups in total. The summed E-state index contributed by atoms with van der Waals surface area (Å²) in [5, 5.41) is 9.63. The quantitative estimate of drug-likeness (QED) is 0.879. The van der Waals surface area contributed by atoms with Gasteiger partial charge < -0.3 is 5.11 Å². The van der Waals surface area contributed by atoms with Gasteiger partial charge in [-0.15, -0.1) is 0 Å². The van der Waals surface area contributed by atoms with Crippen LogP contribution in [-0.4, -0.2) is 11.1 Å². The molecule has 16 heavy (non-hydrogen) atoms. The molecular weight excluding hydrogens is 231 g/mol. The molecule has 1 aliphatic carbocycles. The maximum atomic E-state index is 14.2. The van der Waals surface area contributed by atoms with Gasteiger partial charge in [0, 0.05) is 5.02 Å². The summed E-state index contributed by atoms with van der Waals surface area (Å²) in [4.78, 5) is 11.1. The van der Waals surface area contributed by atoms with Gasteiger partial charge in [0.15, 0.2) is 0 Å². The van der Waals surface area contributed by atoms with E-state index in [0.29, 0.717) is 23.4 Å². The zero-order chi connectivity index (χ0) is 11.8. The second kappa shape index (κ2) is 4.06. The molecule has 1 atom stereocenters. The Morgan fingerprint density at radius 2 is 1.94 bits per heavy atom. The molecular formula is C12H12ClFO2. The van der Waals surface area contributed by atoms with Gasteiger partial charge in [0.05, 0.1) is 0 Å². The number of carboxylic acid groups (broad SMARTS) is 1. The van der Waals surface area contributed by atoms with Gasteiger partial charge in [-0.3, -0.25) is 4.79 Å². The van der Waals surface area contributed by atoms with E-state index in [1.165, 1.54) is 0 Å². The average molecular weight is 243 g/mol. The van der Waals surface area contributed by atoms with Crippen molar-refractivity contribution in [3.05, 3.63) is 34.9 Å². The van der Waals surface area contributed by atoms with E-state index in [0.717, 1.165) is 6.42 Å². The van der Waals surface area contributed by atoms with Crippen LogP contribution in [0.1, 0.15) is 31.0 Å². The van der Waals surface area contributed by atoms with Crippen molar-refractivity contribution in [1.82, 2.24) is 0 Å². The minimum atomic E-state index is -1.45. The third-order valence-corrected chi connectivity index (χ3v) is 3.57. The lowest BCUT2D eigenvalue weighted by Gasteiger charge is -2.40. The number of alkyl halides is 1. The summed E-state index contributed by atoms with van der Waals surface area (Å²) in [5.74, 6) is -1.04. The zero-order valence-electron chi connectivity index (χ0n) is 8.62. The van der Waals surface area contributed by atoms with E-state index in [2.05, 4.69) is 0 Å². The summed E-state index contributed by atoms with van der Waals surface area (Å²) in [6.07, 6.45) is 0.148. The average Bonchev–Trinajstić information content (AvgIpc) is 2.16. The van der Waals surface area contributed by atoms with Crippen molar-refractivity contribution in [2.45, 2.75) is 25.4 Å². The second-order valence-electron chi connectivity index (χ2n) is 4.23. The van der Waals surface area contributed by atoms with Gasteiger partial charge in [-0.25, -0.2) is 4.39 Å². The molecule has 1 unspecified atom stereocenters. The zero-order valence-corrected chi connectivity index (χ0v) is 9.38. The van der Waals surface area contributed by atoms with Crippen LogP contribution in [0.4, 0.5) is 4.39 Å². The Kier molecular flexibility index (Phi) is 2.89. The van der Waals surface area contributed by atoms with Crippen LogP contribution in [0.5, 0.6) is 0 Å². The highest BCUT2D eigenvalue weighted by Gasteiger charge is 2.51. The first kappa shape index (κ1) is 11.4. The summed E-state index contributed by atoms with van der Waals surface area (Å²) < 4.78 is 14.2. The molecule has 0 heterocycles. The van der Waals surface area contributed by atoms with E-state index in [1.807, 2.05) is 0 Å². The number of hydrogen-bond acceptors (Lipinski definition) is 1. The number of halogens is 2. The number of aliphatic carboxylic acids is 1. The smallest absolute Gasteiger partial charge is 0.312 e. The predicted octanol–water partition coefficient (Wildman–Crippen LogP) is 3.61. The highest BCUT2D eigenvalue weighted by atomic mass is 35.5. The van der Waals surface area contributed by atoms with E-state index >= 15 is 0 Å². The molecule has 0 aliphatic heterocycles. The molecule has 1 aromatic rings. The second-order valence-corrected chi connectivity index (χ2v) is 4.67. The third-order valence-electron chi connectivity index (χ3n) is 3.32. The first-order chi connectivity index (χ1) is 7.56. The van der Waals surface area contributed by atoms with Crippen LogP contribution in [0.25, 0.3) is 0 Å². The number of hydrogen-bond donors (Lipinski definition) is 1. The summed E-state index contributed by atoms with van der Waals surface area (Å²) in [6.45, 7) is 0. The maximum Gasteiger partial charge on any atom is 0.312 e. The molecule has 0 bridgehead atoms. The van der Waals surface area contributed by atoms with Crippen LogP contribution < -0.4 is 0 Å². The fourth-order valence-corrected chi connectivity index (χ4v) is 2.21. The Bertz CT molecular complexity index is 398. The lowest BCUT2D eigenvalue weighted by atomic mass is 9.64. The molecule has 86 valence electrons. The maximum absolute atomic E-state index is 14.2. The van der Waals surface area contributed by atoms with E-state index in [1.54, 1.807) is 24.3 Å². The van der Waals surface area contributed by atoms with Gasteiger partial charge in [0.2, 0.25) is 0 Å². The van der Waals surface area contributed by atoms with Crippen LogP contribution in [0.3, 0.4) is 0 Å². The molecule has 0 amide bonds. The van der Waals surface area contributed by atoms with Crippen LogP contribution in [0, 0.1) is 5.41 Å². The topological polar surface area (TPSA) is 37.3 Å². The molecule has 0 aromatic heterocycles. The number of carboxylic acids is 1. The molecule has 1 aromatic carbocycles. The predicted molar refractivity (Wildman–Crippen MR) is 59.2 cm³/mol. The summed E-state index contributed by atoms with van der Waals surface area (Å²) in [6, 6.07) is 6.27. The standard InChI is InChI=1S/C12H12ClFO2/c13-9-4-2-8(3-5-9)10(14)12(11(15)16)6-1-7-12/h2-5,10H,1,6-7H2,(H,15,16). The molecule has 1 aliphatic rings. The van der Waals surface area contributed by atoms with Gasteiger partial charge >= 0.3 is 5.97 Å². The molecule has 0 saturated heterocycles. The van der Waals surface area contributed by atoms with Crippen molar-refractivity contribution in [3.8, 4) is 0 Å². The van der Waals surface area contributed by atoms with Crippen molar-refractivity contribution in [3.63, 3.8) is 0 Å². The van der Waals surface area contributed by atoms with Gasteiger partial charge in [0.1, 0.15) is 11.6 Å². The SMILES string of the molecule is O=C(O)C1(C(F)c2ccc(Cl)cc2)CCC1. The number of benzene rings is 1. The number of rotatable bonds is 3. The van der Waals surface area contributed by atoms with Crippen LogP contribution in [0.2, 0.25) is 5.02 Å². The van der Waals surface area contributed by atoms with Gasteiger partial charge in [-0.1, -0.05) is 30.2 Å². The molecule has 4 heteroatoms. The molecule has 0 spiro atoms. The van der Waals surface area contributed by atoms with E-state index < -0.39 is 17.6 Å². The van der Waals surface area contributed by atoms with Crippen molar-refractivity contribution < 1.29 is 14.3 Å². The monoisotopic (exact) mass is 242 g/mol. The lowest BCUT2D eigenvalue weighted by molar-refractivity contribution is -0.161.